The number of methoxy groups -OCH3 is 1. The number of carbonyl (C=O) groups excluding carboxylic acids is 2. The smallest absolute Gasteiger partial charge is 0.331 e. The van der Waals surface area contributed by atoms with Crippen molar-refractivity contribution < 1.29 is 19.1 Å². The average molecular weight is 400 g/mol. The van der Waals surface area contributed by atoms with Crippen molar-refractivity contribution in [1.82, 2.24) is 9.38 Å². The number of benzene rings is 1. The van der Waals surface area contributed by atoms with Crippen LogP contribution >= 0.6 is 11.6 Å². The number of rotatable bonds is 6. The largest absolute Gasteiger partial charge is 0.495 e. The van der Waals surface area contributed by atoms with Gasteiger partial charge in [-0.1, -0.05) is 29.8 Å². The summed E-state index contributed by atoms with van der Waals surface area (Å²) in [4.78, 5) is 28.6. The van der Waals surface area contributed by atoms with Crippen LogP contribution in [0.5, 0.6) is 5.75 Å². The lowest BCUT2D eigenvalue weighted by Crippen LogP contribution is -2.29. The molecule has 0 fully saturated rings. The first-order valence-electron chi connectivity index (χ1n) is 8.44. The van der Waals surface area contributed by atoms with E-state index in [0.717, 1.165) is 0 Å². The van der Waals surface area contributed by atoms with Crippen LogP contribution in [0.4, 0.5) is 5.69 Å². The summed E-state index contributed by atoms with van der Waals surface area (Å²) in [6, 6.07) is 12.4. The maximum absolute atomic E-state index is 12.3. The predicted molar refractivity (Wildman–Crippen MR) is 106 cm³/mol. The van der Waals surface area contributed by atoms with E-state index in [2.05, 4.69) is 10.3 Å². The molecule has 1 atom stereocenters. The van der Waals surface area contributed by atoms with Crippen molar-refractivity contribution in [2.45, 2.75) is 13.0 Å². The highest BCUT2D eigenvalue weighted by Crippen LogP contribution is 2.23. The van der Waals surface area contributed by atoms with Crippen LogP contribution in [0.25, 0.3) is 11.7 Å². The number of nitrogens with one attached hydrogen (secondary N) is 1. The van der Waals surface area contributed by atoms with Gasteiger partial charge in [0.1, 0.15) is 11.4 Å². The van der Waals surface area contributed by atoms with Gasteiger partial charge in [-0.25, -0.2) is 9.78 Å². The first-order valence-corrected chi connectivity index (χ1v) is 8.82. The summed E-state index contributed by atoms with van der Waals surface area (Å²) in [5.41, 5.74) is 1.69. The maximum atomic E-state index is 12.3. The summed E-state index contributed by atoms with van der Waals surface area (Å²) in [6.07, 6.45) is 3.48. The second-order valence-electron chi connectivity index (χ2n) is 5.82. The monoisotopic (exact) mass is 399 g/mol. The fourth-order valence-corrected chi connectivity index (χ4v) is 2.77. The van der Waals surface area contributed by atoms with Gasteiger partial charge in [0.05, 0.1) is 18.5 Å². The molecule has 0 aliphatic heterocycles. The SMILES string of the molecule is COc1ccccc1NC(=O)[C@@H](C)OC(=O)/C=C/c1c(Cl)nc2ccccn12. The van der Waals surface area contributed by atoms with E-state index in [9.17, 15) is 9.59 Å². The Morgan fingerprint density at radius 2 is 1.96 bits per heavy atom. The van der Waals surface area contributed by atoms with E-state index in [-0.39, 0.29) is 5.15 Å². The standard InChI is InChI=1S/C20H18ClN3O4/c1-13(20(26)22-14-7-3-4-8-16(14)27-2)28-18(25)11-10-15-19(21)23-17-9-5-6-12-24(15)17/h3-13H,1-2H3,(H,22,26)/b11-10+/t13-/m1/s1. The van der Waals surface area contributed by atoms with Gasteiger partial charge in [0.2, 0.25) is 0 Å². The molecule has 8 heteroatoms. The number of fused-ring (bicyclic) bond motifs is 1. The minimum atomic E-state index is -1.00. The molecule has 0 bridgehead atoms. The maximum Gasteiger partial charge on any atom is 0.331 e. The fraction of sp³-hybridized carbons (Fsp3) is 0.150. The Morgan fingerprint density at radius 1 is 1.21 bits per heavy atom. The first-order chi connectivity index (χ1) is 13.5. The van der Waals surface area contributed by atoms with E-state index in [4.69, 9.17) is 21.1 Å². The molecule has 0 aliphatic carbocycles. The number of pyridine rings is 1. The lowest BCUT2D eigenvalue weighted by molar-refractivity contribution is -0.148. The topological polar surface area (TPSA) is 81.9 Å². The van der Waals surface area contributed by atoms with Crippen LogP contribution < -0.4 is 10.1 Å². The Labute approximate surface area is 166 Å². The molecule has 2 aromatic heterocycles. The fourth-order valence-electron chi connectivity index (χ4n) is 2.53. The van der Waals surface area contributed by atoms with E-state index < -0.39 is 18.0 Å². The predicted octanol–water partition coefficient (Wildman–Crippen LogP) is 3.58. The summed E-state index contributed by atoms with van der Waals surface area (Å²) in [7, 11) is 1.50. The van der Waals surface area contributed by atoms with Crippen molar-refractivity contribution in [3.8, 4) is 5.75 Å². The molecule has 1 amide bonds. The van der Waals surface area contributed by atoms with Crippen molar-refractivity contribution in [2.24, 2.45) is 0 Å². The molecule has 0 aliphatic rings. The van der Waals surface area contributed by atoms with Crippen LogP contribution in [0.3, 0.4) is 0 Å². The van der Waals surface area contributed by atoms with Crippen LogP contribution in [0.1, 0.15) is 12.6 Å². The average Bonchev–Trinajstić information content (AvgIpc) is 3.01. The number of ether oxygens (including phenoxy) is 2. The van der Waals surface area contributed by atoms with Gasteiger partial charge in [-0.15, -0.1) is 0 Å². The highest BCUT2D eigenvalue weighted by Gasteiger charge is 2.18. The van der Waals surface area contributed by atoms with Crippen molar-refractivity contribution in [1.29, 1.82) is 0 Å². The number of carbonyl (C=O) groups is 2. The van der Waals surface area contributed by atoms with Crippen LogP contribution in [0.15, 0.2) is 54.7 Å². The van der Waals surface area contributed by atoms with Gasteiger partial charge in [0.25, 0.3) is 5.91 Å². The number of halogens is 1. The zero-order valence-corrected chi connectivity index (χ0v) is 16.0. The minimum absolute atomic E-state index is 0.261. The Hall–Kier alpha value is -3.32. The zero-order chi connectivity index (χ0) is 20.1. The molecule has 144 valence electrons. The van der Waals surface area contributed by atoms with E-state index in [1.165, 1.54) is 26.2 Å². The third-order valence-corrected chi connectivity index (χ3v) is 4.20. The van der Waals surface area contributed by atoms with E-state index in [1.807, 2.05) is 12.1 Å². The molecule has 1 aromatic carbocycles. The number of amides is 1. The molecule has 0 spiro atoms. The van der Waals surface area contributed by atoms with Gasteiger partial charge >= 0.3 is 5.97 Å². The zero-order valence-electron chi connectivity index (χ0n) is 15.3. The van der Waals surface area contributed by atoms with Crippen molar-refractivity contribution in [3.05, 3.63) is 65.6 Å². The second-order valence-corrected chi connectivity index (χ2v) is 6.18. The molecule has 3 aromatic rings. The minimum Gasteiger partial charge on any atom is -0.495 e. The third kappa shape index (κ3) is 4.32. The molecule has 2 heterocycles. The Balaban J connectivity index is 1.64. The van der Waals surface area contributed by atoms with Crippen molar-refractivity contribution in [2.75, 3.05) is 12.4 Å². The van der Waals surface area contributed by atoms with Gasteiger partial charge in [-0.05, 0) is 37.3 Å². The lowest BCUT2D eigenvalue weighted by Gasteiger charge is -2.14. The molecular weight excluding hydrogens is 382 g/mol. The molecule has 28 heavy (non-hydrogen) atoms. The van der Waals surface area contributed by atoms with E-state index in [0.29, 0.717) is 22.8 Å². The van der Waals surface area contributed by atoms with Crippen LogP contribution in [-0.4, -0.2) is 34.5 Å². The number of hydrogen-bond acceptors (Lipinski definition) is 5. The van der Waals surface area contributed by atoms with E-state index >= 15 is 0 Å². The first kappa shape index (κ1) is 19.4. The van der Waals surface area contributed by atoms with Crippen LogP contribution in [-0.2, 0) is 14.3 Å². The van der Waals surface area contributed by atoms with Crippen molar-refractivity contribution >= 4 is 40.9 Å². The molecule has 0 saturated carbocycles. The highest BCUT2D eigenvalue weighted by atomic mass is 35.5. The van der Waals surface area contributed by atoms with Gasteiger partial charge in [-0.3, -0.25) is 9.20 Å². The van der Waals surface area contributed by atoms with Gasteiger partial charge in [0.15, 0.2) is 11.3 Å². The number of anilines is 1. The van der Waals surface area contributed by atoms with Gasteiger partial charge in [-0.2, -0.15) is 0 Å². The summed E-state index contributed by atoms with van der Waals surface area (Å²) in [5, 5.41) is 2.93. The Morgan fingerprint density at radius 3 is 2.75 bits per heavy atom. The molecular formula is C20H18ClN3O4. The molecule has 3 rings (SSSR count). The molecule has 0 saturated heterocycles. The summed E-state index contributed by atoms with van der Waals surface area (Å²) in [5.74, 6) is -0.639. The quantitative estimate of drug-likeness (QED) is 0.506. The summed E-state index contributed by atoms with van der Waals surface area (Å²) in [6.45, 7) is 1.48. The number of para-hydroxylation sites is 2. The van der Waals surface area contributed by atoms with Crippen LogP contribution in [0, 0.1) is 0 Å². The van der Waals surface area contributed by atoms with E-state index in [1.54, 1.807) is 40.9 Å². The highest BCUT2D eigenvalue weighted by molar-refractivity contribution is 6.31. The Bertz CT molecular complexity index is 1040. The molecule has 7 nitrogen and oxygen atoms in total. The Kier molecular flexibility index (Phi) is 5.96. The van der Waals surface area contributed by atoms with Gasteiger partial charge < -0.3 is 14.8 Å². The number of nitrogens with zero attached hydrogens (tertiary/aromatic N) is 2. The number of hydrogen-bond donors (Lipinski definition) is 1. The molecule has 0 radical (unpaired) electrons. The molecule has 1 N–H and O–H groups in total. The van der Waals surface area contributed by atoms with Crippen molar-refractivity contribution in [3.63, 3.8) is 0 Å². The summed E-state index contributed by atoms with van der Waals surface area (Å²) < 4.78 is 12.1. The summed E-state index contributed by atoms with van der Waals surface area (Å²) >= 11 is 6.11. The number of imidazole rings is 1. The van der Waals surface area contributed by atoms with Crippen LogP contribution in [0.2, 0.25) is 5.15 Å². The second kappa shape index (κ2) is 8.58. The lowest BCUT2D eigenvalue weighted by atomic mass is 10.2. The molecule has 0 unspecified atom stereocenters. The normalized spacial score (nSPS) is 12.1. The van der Waals surface area contributed by atoms with Gasteiger partial charge in [0, 0.05) is 12.3 Å². The number of esters is 1. The number of aromatic nitrogens is 2. The third-order valence-electron chi connectivity index (χ3n) is 3.93.